The van der Waals surface area contributed by atoms with Crippen LogP contribution in [0.25, 0.3) is 0 Å². The molecule has 0 saturated heterocycles. The molecule has 0 radical (unpaired) electrons. The van der Waals surface area contributed by atoms with Crippen LogP contribution in [0.1, 0.15) is 85.0 Å². The number of aliphatic hydroxyl groups excluding tert-OH is 1. The van der Waals surface area contributed by atoms with Gasteiger partial charge >= 0.3 is 0 Å². The topological polar surface area (TPSA) is 20.2 Å². The van der Waals surface area contributed by atoms with Gasteiger partial charge < -0.3 is 5.11 Å². The highest BCUT2D eigenvalue weighted by atomic mass is 16.2. The van der Waals surface area contributed by atoms with Crippen molar-refractivity contribution in [3.63, 3.8) is 0 Å². The SMILES string of the molecule is CCCCCCC.CCCCCCCO. The largest absolute Gasteiger partial charge is 0.396 e. The summed E-state index contributed by atoms with van der Waals surface area (Å²) in [5.41, 5.74) is 0. The Morgan fingerprint density at radius 1 is 0.533 bits per heavy atom. The van der Waals surface area contributed by atoms with E-state index in [1.54, 1.807) is 0 Å². The average Bonchev–Trinajstić information content (AvgIpc) is 2.26. The predicted molar refractivity (Wildman–Crippen MR) is 70.3 cm³/mol. The minimum Gasteiger partial charge on any atom is -0.396 e. The highest BCUT2D eigenvalue weighted by Gasteiger charge is 1.84. The number of unbranched alkanes of at least 4 members (excludes halogenated alkanes) is 8. The van der Waals surface area contributed by atoms with Crippen molar-refractivity contribution in [1.29, 1.82) is 0 Å². The van der Waals surface area contributed by atoms with E-state index in [4.69, 9.17) is 5.11 Å². The molecular weight excluding hydrogens is 184 g/mol. The van der Waals surface area contributed by atoms with Gasteiger partial charge in [-0.25, -0.2) is 0 Å². The highest BCUT2D eigenvalue weighted by molar-refractivity contribution is 4.39. The monoisotopic (exact) mass is 216 g/mol. The standard InChI is InChI=1S/C7H16O.C7H16/c1-2-3-4-5-6-7-8;1-3-5-7-6-4-2/h8H,2-7H2,1H3;3-7H2,1-2H3. The molecule has 0 rings (SSSR count). The van der Waals surface area contributed by atoms with Crippen LogP contribution in [-0.4, -0.2) is 11.7 Å². The Hall–Kier alpha value is -0.0400. The van der Waals surface area contributed by atoms with Crippen LogP contribution in [0.5, 0.6) is 0 Å². The van der Waals surface area contributed by atoms with Crippen LogP contribution in [-0.2, 0) is 0 Å². The molecule has 0 aliphatic heterocycles. The lowest BCUT2D eigenvalue weighted by atomic mass is 10.2. The second-order valence-corrected chi connectivity index (χ2v) is 4.20. The van der Waals surface area contributed by atoms with Gasteiger partial charge in [-0.1, -0.05) is 78.6 Å². The van der Waals surface area contributed by atoms with E-state index in [9.17, 15) is 0 Å². The lowest BCUT2D eigenvalue weighted by molar-refractivity contribution is 0.282. The van der Waals surface area contributed by atoms with Crippen molar-refractivity contribution < 1.29 is 5.11 Å². The van der Waals surface area contributed by atoms with Crippen LogP contribution in [0.3, 0.4) is 0 Å². The zero-order valence-corrected chi connectivity index (χ0v) is 11.2. The van der Waals surface area contributed by atoms with Crippen LogP contribution >= 0.6 is 0 Å². The molecule has 0 unspecified atom stereocenters. The number of rotatable bonds is 9. The molecule has 0 fully saturated rings. The number of hydrogen-bond donors (Lipinski definition) is 1. The summed E-state index contributed by atoms with van der Waals surface area (Å²) in [5.74, 6) is 0. The zero-order chi connectivity index (χ0) is 11.8. The quantitative estimate of drug-likeness (QED) is 0.542. The third-order valence-corrected chi connectivity index (χ3v) is 2.47. The number of hydrogen-bond acceptors (Lipinski definition) is 1. The molecule has 0 spiro atoms. The normalized spacial score (nSPS) is 9.60. The van der Waals surface area contributed by atoms with E-state index in [0.717, 1.165) is 6.42 Å². The third kappa shape index (κ3) is 24.9. The fourth-order valence-corrected chi connectivity index (χ4v) is 1.39. The Labute approximate surface area is 97.3 Å². The lowest BCUT2D eigenvalue weighted by Gasteiger charge is -1.93. The van der Waals surface area contributed by atoms with Gasteiger partial charge in [0, 0.05) is 6.61 Å². The first-order valence-electron chi connectivity index (χ1n) is 6.94. The molecule has 0 atom stereocenters. The van der Waals surface area contributed by atoms with Gasteiger partial charge in [0.2, 0.25) is 0 Å². The molecule has 1 N–H and O–H groups in total. The highest BCUT2D eigenvalue weighted by Crippen LogP contribution is 2.00. The van der Waals surface area contributed by atoms with Crippen LogP contribution < -0.4 is 0 Å². The summed E-state index contributed by atoms with van der Waals surface area (Å²) in [6.07, 6.45) is 13.1. The average molecular weight is 216 g/mol. The van der Waals surface area contributed by atoms with Gasteiger partial charge in [0.25, 0.3) is 0 Å². The molecule has 0 heterocycles. The summed E-state index contributed by atoms with van der Waals surface area (Å²) in [6.45, 7) is 7.05. The molecule has 0 bridgehead atoms. The second kappa shape index (κ2) is 19.5. The molecule has 0 aliphatic carbocycles. The Kier molecular flexibility index (Phi) is 22.6. The lowest BCUT2D eigenvalue weighted by Crippen LogP contribution is -1.81. The van der Waals surface area contributed by atoms with Crippen LogP contribution in [0.4, 0.5) is 0 Å². The zero-order valence-electron chi connectivity index (χ0n) is 11.2. The predicted octanol–water partition coefficient (Wildman–Crippen LogP) is 4.93. The molecule has 0 amide bonds. The van der Waals surface area contributed by atoms with Gasteiger partial charge in [-0.2, -0.15) is 0 Å². The van der Waals surface area contributed by atoms with Crippen molar-refractivity contribution in [1.82, 2.24) is 0 Å². The minimum atomic E-state index is 0.365. The first-order chi connectivity index (χ1) is 7.33. The van der Waals surface area contributed by atoms with Gasteiger partial charge in [-0.05, 0) is 6.42 Å². The smallest absolute Gasteiger partial charge is 0.0431 e. The first kappa shape index (κ1) is 17.4. The van der Waals surface area contributed by atoms with Crippen LogP contribution in [0.15, 0.2) is 0 Å². The third-order valence-electron chi connectivity index (χ3n) is 2.47. The molecule has 94 valence electrons. The summed E-state index contributed by atoms with van der Waals surface area (Å²) >= 11 is 0. The van der Waals surface area contributed by atoms with Crippen molar-refractivity contribution in [3.8, 4) is 0 Å². The maximum absolute atomic E-state index is 8.37. The fourth-order valence-electron chi connectivity index (χ4n) is 1.39. The Balaban J connectivity index is 0. The fraction of sp³-hybridized carbons (Fsp3) is 1.00. The van der Waals surface area contributed by atoms with Gasteiger partial charge in [-0.3, -0.25) is 0 Å². The summed E-state index contributed by atoms with van der Waals surface area (Å²) in [7, 11) is 0. The second-order valence-electron chi connectivity index (χ2n) is 4.20. The van der Waals surface area contributed by atoms with Crippen molar-refractivity contribution >= 4 is 0 Å². The minimum absolute atomic E-state index is 0.365. The Bertz CT molecular complexity index is 71.4. The Morgan fingerprint density at radius 2 is 0.867 bits per heavy atom. The molecule has 0 aromatic heterocycles. The summed E-state index contributed by atoms with van der Waals surface area (Å²) in [6, 6.07) is 0. The molecule has 1 nitrogen and oxygen atoms in total. The van der Waals surface area contributed by atoms with Gasteiger partial charge in [0.15, 0.2) is 0 Å². The van der Waals surface area contributed by atoms with E-state index in [1.165, 1.54) is 57.8 Å². The molecule has 0 aromatic rings. The van der Waals surface area contributed by atoms with Gasteiger partial charge in [0.1, 0.15) is 0 Å². The van der Waals surface area contributed by atoms with Gasteiger partial charge in [-0.15, -0.1) is 0 Å². The van der Waals surface area contributed by atoms with E-state index >= 15 is 0 Å². The van der Waals surface area contributed by atoms with E-state index in [2.05, 4.69) is 20.8 Å². The molecule has 0 aliphatic rings. The van der Waals surface area contributed by atoms with E-state index in [0.29, 0.717) is 6.61 Å². The van der Waals surface area contributed by atoms with Crippen molar-refractivity contribution in [2.24, 2.45) is 0 Å². The maximum Gasteiger partial charge on any atom is 0.0431 e. The Morgan fingerprint density at radius 3 is 1.20 bits per heavy atom. The molecule has 0 saturated carbocycles. The maximum atomic E-state index is 8.37. The van der Waals surface area contributed by atoms with Crippen molar-refractivity contribution in [2.45, 2.75) is 85.0 Å². The van der Waals surface area contributed by atoms with Crippen molar-refractivity contribution in [2.75, 3.05) is 6.61 Å². The van der Waals surface area contributed by atoms with Crippen LogP contribution in [0, 0.1) is 0 Å². The van der Waals surface area contributed by atoms with E-state index < -0.39 is 0 Å². The van der Waals surface area contributed by atoms with E-state index in [-0.39, 0.29) is 0 Å². The van der Waals surface area contributed by atoms with Crippen LogP contribution in [0.2, 0.25) is 0 Å². The number of aliphatic hydroxyl groups is 1. The summed E-state index contributed by atoms with van der Waals surface area (Å²) < 4.78 is 0. The molecule has 1 heteroatoms. The van der Waals surface area contributed by atoms with E-state index in [1.807, 2.05) is 0 Å². The molecular formula is C14H32O. The van der Waals surface area contributed by atoms with Gasteiger partial charge in [0.05, 0.1) is 0 Å². The summed E-state index contributed by atoms with van der Waals surface area (Å²) in [4.78, 5) is 0. The summed E-state index contributed by atoms with van der Waals surface area (Å²) in [5, 5.41) is 8.37. The van der Waals surface area contributed by atoms with Crippen molar-refractivity contribution in [3.05, 3.63) is 0 Å². The molecule has 15 heavy (non-hydrogen) atoms. The first-order valence-corrected chi connectivity index (χ1v) is 6.94. The molecule has 0 aromatic carbocycles.